The molecule has 0 radical (unpaired) electrons. The van der Waals surface area contributed by atoms with Crippen LogP contribution in [0.5, 0.6) is 5.75 Å². The van der Waals surface area contributed by atoms with Crippen LogP contribution < -0.4 is 15.4 Å². The van der Waals surface area contributed by atoms with Gasteiger partial charge in [-0.15, -0.1) is 0 Å². The Kier molecular flexibility index (Phi) is 3.65. The van der Waals surface area contributed by atoms with Gasteiger partial charge in [-0.1, -0.05) is 6.07 Å². The first-order valence-electron chi connectivity index (χ1n) is 5.67. The second-order valence-corrected chi connectivity index (χ2v) is 3.91. The number of hydrogen-bond donors (Lipinski definition) is 2. The molecule has 0 aliphatic carbocycles. The maximum Gasteiger partial charge on any atom is 0.253 e. The zero-order chi connectivity index (χ0) is 12.1. The van der Waals surface area contributed by atoms with E-state index in [-0.39, 0.29) is 5.91 Å². The molecule has 2 rings (SSSR count). The van der Waals surface area contributed by atoms with Crippen LogP contribution in [0, 0.1) is 0 Å². The Hall–Kier alpha value is -1.97. The highest BCUT2D eigenvalue weighted by Crippen LogP contribution is 2.18. The second-order valence-electron chi connectivity index (χ2n) is 3.91. The monoisotopic (exact) mass is 232 g/mol. The van der Waals surface area contributed by atoms with E-state index in [1.54, 1.807) is 19.4 Å². The fraction of sp³-hybridized carbons (Fsp3) is 0.308. The number of carbonyl (C=O) groups excluding carboxylic acids is 1. The van der Waals surface area contributed by atoms with Crippen molar-refractivity contribution in [3.8, 4) is 5.75 Å². The van der Waals surface area contributed by atoms with Gasteiger partial charge < -0.3 is 15.4 Å². The summed E-state index contributed by atoms with van der Waals surface area (Å²) >= 11 is 0. The summed E-state index contributed by atoms with van der Waals surface area (Å²) < 4.78 is 5.10. The molecule has 1 aromatic carbocycles. The van der Waals surface area contributed by atoms with Crippen molar-refractivity contribution in [1.29, 1.82) is 0 Å². The van der Waals surface area contributed by atoms with E-state index in [9.17, 15) is 4.79 Å². The number of methoxy groups -OCH3 is 1. The Morgan fingerprint density at radius 1 is 1.47 bits per heavy atom. The first-order chi connectivity index (χ1) is 8.29. The van der Waals surface area contributed by atoms with Crippen molar-refractivity contribution in [2.75, 3.05) is 19.0 Å². The van der Waals surface area contributed by atoms with Crippen LogP contribution in [0.2, 0.25) is 0 Å². The maximum absolute atomic E-state index is 11.9. The van der Waals surface area contributed by atoms with E-state index in [0.29, 0.717) is 0 Å². The molecule has 0 saturated heterocycles. The minimum absolute atomic E-state index is 0.0505. The van der Waals surface area contributed by atoms with Gasteiger partial charge in [0.1, 0.15) is 5.75 Å². The molecule has 1 aromatic rings. The molecule has 1 heterocycles. The summed E-state index contributed by atoms with van der Waals surface area (Å²) in [5.41, 5.74) is 1.54. The third-order valence-electron chi connectivity index (χ3n) is 2.66. The largest absolute Gasteiger partial charge is 0.497 e. The molecular formula is C13H16N2O2. The van der Waals surface area contributed by atoms with E-state index in [0.717, 1.165) is 36.4 Å². The lowest BCUT2D eigenvalue weighted by molar-refractivity contribution is -0.113. The lowest BCUT2D eigenvalue weighted by Crippen LogP contribution is -2.22. The summed E-state index contributed by atoms with van der Waals surface area (Å²) in [5.74, 6) is 0.684. The summed E-state index contributed by atoms with van der Waals surface area (Å²) in [6, 6.07) is 7.34. The fourth-order valence-electron chi connectivity index (χ4n) is 1.74. The van der Waals surface area contributed by atoms with Crippen LogP contribution in [0.4, 0.5) is 5.69 Å². The number of rotatable bonds is 3. The predicted octanol–water partition coefficient (Wildman–Crippen LogP) is 1.90. The normalized spacial score (nSPS) is 14.5. The third-order valence-corrected chi connectivity index (χ3v) is 2.66. The van der Waals surface area contributed by atoms with E-state index >= 15 is 0 Å². The van der Waals surface area contributed by atoms with Crippen LogP contribution in [0.25, 0.3) is 0 Å². The molecule has 0 saturated carbocycles. The number of anilines is 1. The van der Waals surface area contributed by atoms with Gasteiger partial charge in [-0.3, -0.25) is 4.79 Å². The van der Waals surface area contributed by atoms with Gasteiger partial charge >= 0.3 is 0 Å². The standard InChI is InChI=1S/C13H16N2O2/c1-17-12-6-2-5-11(8-12)15-13(16)10-4-3-7-14-9-10/h2,5-6,8-9,14H,3-4,7H2,1H3,(H,15,16). The molecule has 90 valence electrons. The van der Waals surface area contributed by atoms with Gasteiger partial charge in [0.15, 0.2) is 0 Å². The van der Waals surface area contributed by atoms with Crippen molar-refractivity contribution in [2.24, 2.45) is 0 Å². The lowest BCUT2D eigenvalue weighted by atomic mass is 10.1. The molecule has 1 aliphatic heterocycles. The van der Waals surface area contributed by atoms with E-state index < -0.39 is 0 Å². The highest BCUT2D eigenvalue weighted by Gasteiger charge is 2.12. The molecule has 4 nitrogen and oxygen atoms in total. The Morgan fingerprint density at radius 2 is 2.35 bits per heavy atom. The second kappa shape index (κ2) is 5.39. The lowest BCUT2D eigenvalue weighted by Gasteiger charge is -2.14. The van der Waals surface area contributed by atoms with Crippen molar-refractivity contribution >= 4 is 11.6 Å². The number of hydrogen-bond acceptors (Lipinski definition) is 3. The third kappa shape index (κ3) is 3.00. The first-order valence-corrected chi connectivity index (χ1v) is 5.67. The van der Waals surface area contributed by atoms with Crippen LogP contribution >= 0.6 is 0 Å². The van der Waals surface area contributed by atoms with Gasteiger partial charge in [0.2, 0.25) is 0 Å². The molecule has 1 aliphatic rings. The van der Waals surface area contributed by atoms with E-state index in [4.69, 9.17) is 4.74 Å². The van der Waals surface area contributed by atoms with Crippen LogP contribution in [0.1, 0.15) is 12.8 Å². The van der Waals surface area contributed by atoms with Crippen LogP contribution in [-0.4, -0.2) is 19.6 Å². The fourth-order valence-corrected chi connectivity index (χ4v) is 1.74. The summed E-state index contributed by atoms with van der Waals surface area (Å²) in [6.07, 6.45) is 3.61. The SMILES string of the molecule is COc1cccc(NC(=O)C2=CNCCC2)c1. The molecule has 2 N–H and O–H groups in total. The minimum Gasteiger partial charge on any atom is -0.497 e. The van der Waals surface area contributed by atoms with Gasteiger partial charge in [0, 0.05) is 30.1 Å². The molecule has 0 fully saturated rings. The van der Waals surface area contributed by atoms with E-state index in [2.05, 4.69) is 10.6 Å². The van der Waals surface area contributed by atoms with Crippen molar-refractivity contribution in [2.45, 2.75) is 12.8 Å². The average Bonchev–Trinajstić information content (AvgIpc) is 2.40. The molecule has 4 heteroatoms. The van der Waals surface area contributed by atoms with Crippen molar-refractivity contribution in [3.05, 3.63) is 36.0 Å². The van der Waals surface area contributed by atoms with Gasteiger partial charge in [-0.05, 0) is 25.0 Å². The Labute approximate surface area is 101 Å². The minimum atomic E-state index is -0.0505. The van der Waals surface area contributed by atoms with Gasteiger partial charge in [0.05, 0.1) is 7.11 Å². The van der Waals surface area contributed by atoms with Gasteiger partial charge in [0.25, 0.3) is 5.91 Å². The number of benzene rings is 1. The zero-order valence-corrected chi connectivity index (χ0v) is 9.82. The number of amides is 1. The zero-order valence-electron chi connectivity index (χ0n) is 9.82. The van der Waals surface area contributed by atoms with Gasteiger partial charge in [-0.25, -0.2) is 0 Å². The van der Waals surface area contributed by atoms with Crippen molar-refractivity contribution in [1.82, 2.24) is 5.32 Å². The highest BCUT2D eigenvalue weighted by atomic mass is 16.5. The number of ether oxygens (including phenoxy) is 1. The van der Waals surface area contributed by atoms with Crippen molar-refractivity contribution in [3.63, 3.8) is 0 Å². The summed E-state index contributed by atoms with van der Waals surface area (Å²) in [7, 11) is 1.61. The maximum atomic E-state index is 11.9. The Balaban J connectivity index is 2.04. The highest BCUT2D eigenvalue weighted by molar-refractivity contribution is 6.03. The topological polar surface area (TPSA) is 50.4 Å². The molecule has 0 atom stereocenters. The van der Waals surface area contributed by atoms with E-state index in [1.165, 1.54) is 0 Å². The quantitative estimate of drug-likeness (QED) is 0.836. The molecular weight excluding hydrogens is 216 g/mol. The van der Waals surface area contributed by atoms with Crippen LogP contribution in [-0.2, 0) is 4.79 Å². The molecule has 0 spiro atoms. The smallest absolute Gasteiger partial charge is 0.253 e. The molecule has 0 aromatic heterocycles. The van der Waals surface area contributed by atoms with Crippen molar-refractivity contribution < 1.29 is 9.53 Å². The Morgan fingerprint density at radius 3 is 3.06 bits per heavy atom. The van der Waals surface area contributed by atoms with Crippen LogP contribution in [0.15, 0.2) is 36.0 Å². The summed E-state index contributed by atoms with van der Waals surface area (Å²) in [5, 5.41) is 5.94. The number of nitrogens with one attached hydrogen (secondary N) is 2. The molecule has 0 unspecified atom stereocenters. The Bertz CT molecular complexity index is 441. The molecule has 17 heavy (non-hydrogen) atoms. The average molecular weight is 232 g/mol. The first kappa shape index (κ1) is 11.5. The predicted molar refractivity (Wildman–Crippen MR) is 66.9 cm³/mol. The summed E-state index contributed by atoms with van der Waals surface area (Å²) in [6.45, 7) is 0.940. The van der Waals surface area contributed by atoms with Gasteiger partial charge in [-0.2, -0.15) is 0 Å². The molecule has 1 amide bonds. The number of carbonyl (C=O) groups is 1. The summed E-state index contributed by atoms with van der Waals surface area (Å²) in [4.78, 5) is 11.9. The molecule has 0 bridgehead atoms. The van der Waals surface area contributed by atoms with E-state index in [1.807, 2.05) is 18.2 Å². The van der Waals surface area contributed by atoms with Crippen LogP contribution in [0.3, 0.4) is 0 Å².